The van der Waals surface area contributed by atoms with Gasteiger partial charge in [0.2, 0.25) is 12.3 Å². The van der Waals surface area contributed by atoms with Crippen LogP contribution < -0.4 is 10.6 Å². The first-order valence-electron chi connectivity index (χ1n) is 6.74. The van der Waals surface area contributed by atoms with Gasteiger partial charge in [-0.3, -0.25) is 14.2 Å². The molecule has 118 valence electrons. The summed E-state index contributed by atoms with van der Waals surface area (Å²) in [6.07, 6.45) is 0.848. The summed E-state index contributed by atoms with van der Waals surface area (Å²) in [4.78, 5) is 34.2. The van der Waals surface area contributed by atoms with Gasteiger partial charge >= 0.3 is 6.09 Å². The first-order chi connectivity index (χ1) is 11.1. The molecule has 0 saturated heterocycles. The Hall–Kier alpha value is -3.34. The van der Waals surface area contributed by atoms with Crippen molar-refractivity contribution in [1.82, 2.24) is 15.2 Å². The van der Waals surface area contributed by atoms with Crippen molar-refractivity contribution in [2.24, 2.45) is 0 Å². The molecular weight excluding hydrogens is 300 g/mol. The number of benzene rings is 1. The third-order valence-corrected chi connectivity index (χ3v) is 3.38. The normalized spacial score (nSPS) is 11.4. The number of nitrogens with one attached hydrogen (secondary N) is 2. The zero-order valence-electron chi connectivity index (χ0n) is 12.0. The quantitative estimate of drug-likeness (QED) is 0.534. The maximum absolute atomic E-state index is 12.3. The molecule has 8 nitrogen and oxygen atoms in total. The lowest BCUT2D eigenvalue weighted by Gasteiger charge is -2.15. The second-order valence-electron chi connectivity index (χ2n) is 4.73. The highest BCUT2D eigenvalue weighted by atomic mass is 16.4. The van der Waals surface area contributed by atoms with Crippen molar-refractivity contribution >= 4 is 29.3 Å². The van der Waals surface area contributed by atoms with Gasteiger partial charge in [0.15, 0.2) is 0 Å². The lowest BCUT2D eigenvalue weighted by molar-refractivity contribution is -0.122. The smallest absolute Gasteiger partial charge is 0.404 e. The van der Waals surface area contributed by atoms with Crippen molar-refractivity contribution < 1.29 is 19.5 Å². The predicted molar refractivity (Wildman–Crippen MR) is 81.5 cm³/mol. The molecule has 0 aliphatic heterocycles. The number of aromatic nitrogens is 1. The van der Waals surface area contributed by atoms with Crippen LogP contribution in [-0.4, -0.2) is 41.2 Å². The fraction of sp³-hybridized carbons (Fsp3) is 0.200. The molecule has 2 amide bonds. The molecule has 1 aromatic heterocycles. The van der Waals surface area contributed by atoms with Crippen LogP contribution in [0.3, 0.4) is 0 Å². The lowest BCUT2D eigenvalue weighted by Crippen LogP contribution is -2.37. The molecule has 8 heteroatoms. The summed E-state index contributed by atoms with van der Waals surface area (Å²) in [5, 5.41) is 22.6. The number of nitriles is 1. The average Bonchev–Trinajstić information content (AvgIpc) is 2.92. The van der Waals surface area contributed by atoms with Gasteiger partial charge < -0.3 is 15.7 Å². The second-order valence-corrected chi connectivity index (χ2v) is 4.73. The summed E-state index contributed by atoms with van der Waals surface area (Å²) >= 11 is 0. The molecule has 1 unspecified atom stereocenters. The molecule has 3 N–H and O–H groups in total. The number of carboxylic acid groups (broad SMARTS) is 1. The van der Waals surface area contributed by atoms with Crippen LogP contribution >= 0.6 is 0 Å². The van der Waals surface area contributed by atoms with Crippen LogP contribution in [0.4, 0.5) is 4.79 Å². The molecule has 1 atom stereocenters. The number of nitrogens with zero attached hydrogens (tertiary/aromatic N) is 2. The Morgan fingerprint density at radius 2 is 2.09 bits per heavy atom. The van der Waals surface area contributed by atoms with E-state index >= 15 is 0 Å². The van der Waals surface area contributed by atoms with E-state index in [1.165, 1.54) is 10.8 Å². The summed E-state index contributed by atoms with van der Waals surface area (Å²) in [7, 11) is 0. The first kappa shape index (κ1) is 16.0. The van der Waals surface area contributed by atoms with E-state index in [2.05, 4.69) is 10.6 Å². The van der Waals surface area contributed by atoms with Crippen molar-refractivity contribution in [2.45, 2.75) is 5.92 Å². The van der Waals surface area contributed by atoms with Gasteiger partial charge in [-0.25, -0.2) is 4.79 Å². The number of hydrogen-bond donors (Lipinski definition) is 3. The molecule has 0 bridgehead atoms. The third-order valence-electron chi connectivity index (χ3n) is 3.38. The van der Waals surface area contributed by atoms with Crippen LogP contribution in [0.1, 0.15) is 11.5 Å². The highest BCUT2D eigenvalue weighted by molar-refractivity contribution is 5.95. The molecule has 0 fully saturated rings. The molecule has 0 saturated carbocycles. The largest absolute Gasteiger partial charge is 0.465 e. The van der Waals surface area contributed by atoms with E-state index in [0.717, 1.165) is 0 Å². The predicted octanol–water partition coefficient (Wildman–Crippen LogP) is 0.671. The average molecular weight is 314 g/mol. The number of carbonyl (C=O) groups excluding carboxylic acids is 2. The molecule has 0 aliphatic rings. The van der Waals surface area contributed by atoms with E-state index in [0.29, 0.717) is 22.9 Å². The Kier molecular flexibility index (Phi) is 4.94. The first-order valence-corrected chi connectivity index (χ1v) is 6.74. The summed E-state index contributed by atoms with van der Waals surface area (Å²) < 4.78 is 1.33. The van der Waals surface area contributed by atoms with E-state index in [9.17, 15) is 14.4 Å². The van der Waals surface area contributed by atoms with Gasteiger partial charge in [-0.1, -0.05) is 18.2 Å². The molecule has 23 heavy (non-hydrogen) atoms. The Bertz CT molecular complexity index is 790. The minimum atomic E-state index is -1.26. The monoisotopic (exact) mass is 314 g/mol. The molecule has 1 aromatic carbocycles. The van der Waals surface area contributed by atoms with Gasteiger partial charge in [0.25, 0.3) is 0 Å². The van der Waals surface area contributed by atoms with Crippen LogP contribution in [-0.2, 0) is 9.59 Å². The number of amides is 2. The van der Waals surface area contributed by atoms with E-state index < -0.39 is 17.9 Å². The van der Waals surface area contributed by atoms with Crippen molar-refractivity contribution in [3.8, 4) is 6.07 Å². The lowest BCUT2D eigenvalue weighted by atomic mass is 9.97. The number of rotatable bonds is 6. The van der Waals surface area contributed by atoms with Gasteiger partial charge in [-0.05, 0) is 11.6 Å². The molecular formula is C15H14N4O4. The summed E-state index contributed by atoms with van der Waals surface area (Å²) in [6.45, 7) is -0.353. The van der Waals surface area contributed by atoms with Crippen molar-refractivity contribution in [1.29, 1.82) is 5.26 Å². The SMILES string of the molecule is N#CCNC(=O)C(CNC(=O)O)c1cn(C=O)c2ccccc12. The molecule has 0 radical (unpaired) electrons. The molecule has 0 spiro atoms. The Morgan fingerprint density at radius 3 is 2.74 bits per heavy atom. The van der Waals surface area contributed by atoms with Crippen LogP contribution in [0, 0.1) is 11.3 Å². The Morgan fingerprint density at radius 1 is 1.35 bits per heavy atom. The van der Waals surface area contributed by atoms with E-state index in [1.807, 2.05) is 0 Å². The maximum Gasteiger partial charge on any atom is 0.404 e. The van der Waals surface area contributed by atoms with Gasteiger partial charge in [0.1, 0.15) is 6.54 Å². The molecule has 2 rings (SSSR count). The minimum Gasteiger partial charge on any atom is -0.465 e. The highest BCUT2D eigenvalue weighted by Gasteiger charge is 2.25. The van der Waals surface area contributed by atoms with Gasteiger partial charge in [0.05, 0.1) is 17.5 Å². The molecule has 2 aromatic rings. The number of hydrogen-bond acceptors (Lipinski definition) is 4. The second kappa shape index (κ2) is 7.09. The fourth-order valence-corrected chi connectivity index (χ4v) is 2.38. The number of para-hydroxylation sites is 1. The Labute approximate surface area is 131 Å². The number of carbonyl (C=O) groups is 3. The van der Waals surface area contributed by atoms with E-state index in [4.69, 9.17) is 10.4 Å². The van der Waals surface area contributed by atoms with Crippen LogP contribution in [0.15, 0.2) is 30.5 Å². The standard InChI is InChI=1S/C15H14N4O4/c16-5-6-17-14(21)11(7-18-15(22)23)12-8-19(9-20)13-4-2-1-3-10(12)13/h1-4,8-9,11,18H,6-7H2,(H,17,21)(H,22,23). The summed E-state index contributed by atoms with van der Waals surface area (Å²) in [5.74, 6) is -1.35. The van der Waals surface area contributed by atoms with E-state index in [1.54, 1.807) is 30.3 Å². The fourth-order valence-electron chi connectivity index (χ4n) is 2.38. The van der Waals surface area contributed by atoms with Crippen molar-refractivity contribution in [2.75, 3.05) is 13.1 Å². The highest BCUT2D eigenvalue weighted by Crippen LogP contribution is 2.27. The third kappa shape index (κ3) is 3.47. The van der Waals surface area contributed by atoms with Crippen LogP contribution in [0.5, 0.6) is 0 Å². The van der Waals surface area contributed by atoms with Gasteiger partial charge in [-0.15, -0.1) is 0 Å². The van der Waals surface area contributed by atoms with E-state index in [-0.39, 0.29) is 13.1 Å². The Balaban J connectivity index is 2.45. The van der Waals surface area contributed by atoms with Gasteiger partial charge in [-0.2, -0.15) is 5.26 Å². The zero-order valence-corrected chi connectivity index (χ0v) is 12.0. The van der Waals surface area contributed by atoms with Crippen LogP contribution in [0.25, 0.3) is 10.9 Å². The topological polar surface area (TPSA) is 124 Å². The van der Waals surface area contributed by atoms with Crippen molar-refractivity contribution in [3.63, 3.8) is 0 Å². The summed E-state index contributed by atoms with van der Waals surface area (Å²) in [5.41, 5.74) is 1.13. The zero-order chi connectivity index (χ0) is 16.8. The van der Waals surface area contributed by atoms with Crippen molar-refractivity contribution in [3.05, 3.63) is 36.0 Å². The minimum absolute atomic E-state index is 0.167. The van der Waals surface area contributed by atoms with Gasteiger partial charge in [0, 0.05) is 18.1 Å². The molecule has 1 heterocycles. The molecule has 0 aliphatic carbocycles. The number of fused-ring (bicyclic) bond motifs is 1. The summed E-state index contributed by atoms with van der Waals surface area (Å²) in [6, 6.07) is 8.78. The maximum atomic E-state index is 12.3. The van der Waals surface area contributed by atoms with Crippen LogP contribution in [0.2, 0.25) is 0 Å².